The van der Waals surface area contributed by atoms with Crippen molar-refractivity contribution >= 4 is 34.2 Å². The predicted molar refractivity (Wildman–Crippen MR) is 113 cm³/mol. The number of anilines is 1. The van der Waals surface area contributed by atoms with Crippen molar-refractivity contribution in [3.8, 4) is 0 Å². The van der Waals surface area contributed by atoms with E-state index in [1.807, 2.05) is 64.1 Å². The average molecular weight is 389 g/mol. The minimum atomic E-state index is -0.533. The molecule has 2 heterocycles. The molecule has 1 atom stereocenters. The number of aryl methyl sites for hydroxylation is 3. The van der Waals surface area contributed by atoms with Crippen LogP contribution in [0.25, 0.3) is 11.0 Å². The summed E-state index contributed by atoms with van der Waals surface area (Å²) in [5.74, 6) is -0.656. The second kappa shape index (κ2) is 6.97. The highest BCUT2D eigenvalue weighted by molar-refractivity contribution is 6.48. The van der Waals surface area contributed by atoms with Crippen LogP contribution in [-0.2, 0) is 4.79 Å². The van der Waals surface area contributed by atoms with Crippen molar-refractivity contribution in [2.24, 2.45) is 4.99 Å². The number of amides is 2. The summed E-state index contributed by atoms with van der Waals surface area (Å²) in [6.07, 6.45) is 0. The summed E-state index contributed by atoms with van der Waals surface area (Å²) < 4.78 is 5.85. The monoisotopic (exact) mass is 389 g/mol. The molecule has 6 heteroatoms. The van der Waals surface area contributed by atoms with E-state index in [0.29, 0.717) is 5.58 Å². The first-order chi connectivity index (χ1) is 13.8. The maximum absolute atomic E-state index is 13.0. The van der Waals surface area contributed by atoms with Gasteiger partial charge in [-0.15, -0.1) is 0 Å². The zero-order valence-electron chi connectivity index (χ0n) is 17.2. The third kappa shape index (κ3) is 3.06. The molecule has 1 fully saturated rings. The Hall–Kier alpha value is -3.25. The van der Waals surface area contributed by atoms with E-state index in [1.54, 1.807) is 12.1 Å². The molecule has 1 aliphatic rings. The SMILES string of the molecule is Cc1cc(C)c2c(C)c(C(=O)N=C3C(=O)N(c4ccccc4)N(C)C3C)oc2c1. The number of hydrogen-bond acceptors (Lipinski definition) is 4. The van der Waals surface area contributed by atoms with Crippen molar-refractivity contribution < 1.29 is 14.0 Å². The molecule has 0 aliphatic carbocycles. The van der Waals surface area contributed by atoms with Gasteiger partial charge in [-0.05, 0) is 57.0 Å². The molecular formula is C23H23N3O3. The second-order valence-electron chi connectivity index (χ2n) is 7.52. The van der Waals surface area contributed by atoms with Crippen molar-refractivity contribution in [3.05, 3.63) is 64.9 Å². The van der Waals surface area contributed by atoms with Gasteiger partial charge in [-0.2, -0.15) is 0 Å². The lowest BCUT2D eigenvalue weighted by atomic mass is 10.0. The Bertz CT molecular complexity index is 1160. The maximum Gasteiger partial charge on any atom is 0.313 e. The third-order valence-corrected chi connectivity index (χ3v) is 5.47. The summed E-state index contributed by atoms with van der Waals surface area (Å²) in [7, 11) is 1.81. The van der Waals surface area contributed by atoms with Crippen LogP contribution >= 0.6 is 0 Å². The van der Waals surface area contributed by atoms with Gasteiger partial charge < -0.3 is 4.42 Å². The van der Waals surface area contributed by atoms with E-state index in [0.717, 1.165) is 27.8 Å². The quantitative estimate of drug-likeness (QED) is 0.658. The summed E-state index contributed by atoms with van der Waals surface area (Å²) in [4.78, 5) is 30.2. The molecule has 0 radical (unpaired) electrons. The van der Waals surface area contributed by atoms with Crippen LogP contribution in [0.4, 0.5) is 5.69 Å². The van der Waals surface area contributed by atoms with E-state index in [2.05, 4.69) is 11.1 Å². The molecule has 1 saturated heterocycles. The molecule has 3 aromatic rings. The van der Waals surface area contributed by atoms with Gasteiger partial charge in [0.15, 0.2) is 5.76 Å². The van der Waals surface area contributed by atoms with Crippen molar-refractivity contribution in [2.75, 3.05) is 12.1 Å². The zero-order chi connectivity index (χ0) is 20.9. The highest BCUT2D eigenvalue weighted by Gasteiger charge is 2.40. The molecular weight excluding hydrogens is 366 g/mol. The number of carbonyl (C=O) groups excluding carboxylic acids is 2. The molecule has 0 N–H and O–H groups in total. The Morgan fingerprint density at radius 2 is 1.79 bits per heavy atom. The van der Waals surface area contributed by atoms with Gasteiger partial charge in [0.05, 0.1) is 11.7 Å². The first-order valence-corrected chi connectivity index (χ1v) is 9.55. The fourth-order valence-corrected chi connectivity index (χ4v) is 3.94. The van der Waals surface area contributed by atoms with E-state index in [4.69, 9.17) is 4.42 Å². The van der Waals surface area contributed by atoms with E-state index in [-0.39, 0.29) is 23.4 Å². The molecule has 2 aromatic carbocycles. The number of carbonyl (C=O) groups is 2. The number of aliphatic imine (C=N–C) groups is 1. The zero-order valence-corrected chi connectivity index (χ0v) is 17.2. The number of nitrogens with zero attached hydrogens (tertiary/aromatic N) is 3. The predicted octanol–water partition coefficient (Wildman–Crippen LogP) is 4.22. The fourth-order valence-electron chi connectivity index (χ4n) is 3.94. The summed E-state index contributed by atoms with van der Waals surface area (Å²) in [6.45, 7) is 7.68. The van der Waals surface area contributed by atoms with Crippen LogP contribution in [0.3, 0.4) is 0 Å². The Balaban J connectivity index is 1.74. The molecule has 2 amide bonds. The molecule has 1 aromatic heterocycles. The fraction of sp³-hybridized carbons (Fsp3) is 0.261. The average Bonchev–Trinajstić information content (AvgIpc) is 3.12. The molecule has 0 bridgehead atoms. The van der Waals surface area contributed by atoms with Gasteiger partial charge in [0.2, 0.25) is 0 Å². The minimum Gasteiger partial charge on any atom is -0.451 e. The van der Waals surface area contributed by atoms with Gasteiger partial charge in [-0.3, -0.25) is 9.59 Å². The van der Waals surface area contributed by atoms with Crippen LogP contribution in [0.15, 0.2) is 51.9 Å². The highest BCUT2D eigenvalue weighted by atomic mass is 16.3. The highest BCUT2D eigenvalue weighted by Crippen LogP contribution is 2.30. The number of hydrogen-bond donors (Lipinski definition) is 0. The summed E-state index contributed by atoms with van der Waals surface area (Å²) >= 11 is 0. The Morgan fingerprint density at radius 3 is 2.48 bits per heavy atom. The minimum absolute atomic E-state index is 0.182. The lowest BCUT2D eigenvalue weighted by molar-refractivity contribution is -0.113. The maximum atomic E-state index is 13.0. The lowest BCUT2D eigenvalue weighted by Gasteiger charge is -2.25. The van der Waals surface area contributed by atoms with Crippen LogP contribution in [0.1, 0.15) is 34.2 Å². The standard InChI is InChI=1S/C23H23N3O3/c1-13-11-14(2)19-15(3)21(29-18(19)12-13)22(27)24-20-16(4)25(5)26(23(20)28)17-9-7-6-8-10-17/h6-12,16H,1-5H3. The summed E-state index contributed by atoms with van der Waals surface area (Å²) in [5.41, 5.74) is 4.46. The molecule has 1 unspecified atom stereocenters. The topological polar surface area (TPSA) is 66.1 Å². The third-order valence-electron chi connectivity index (χ3n) is 5.47. The Kier molecular flexibility index (Phi) is 4.59. The van der Waals surface area contributed by atoms with Crippen LogP contribution in [0, 0.1) is 20.8 Å². The van der Waals surface area contributed by atoms with Crippen molar-refractivity contribution in [3.63, 3.8) is 0 Å². The van der Waals surface area contributed by atoms with Gasteiger partial charge in [0, 0.05) is 18.0 Å². The van der Waals surface area contributed by atoms with E-state index in [1.165, 1.54) is 5.01 Å². The lowest BCUT2D eigenvalue weighted by Crippen LogP contribution is -2.38. The van der Waals surface area contributed by atoms with Crippen LogP contribution < -0.4 is 5.01 Å². The number of para-hydroxylation sites is 1. The number of furan rings is 1. The van der Waals surface area contributed by atoms with Crippen molar-refractivity contribution in [1.29, 1.82) is 0 Å². The van der Waals surface area contributed by atoms with Gasteiger partial charge >= 0.3 is 5.91 Å². The Morgan fingerprint density at radius 1 is 1.10 bits per heavy atom. The first-order valence-electron chi connectivity index (χ1n) is 9.55. The molecule has 6 nitrogen and oxygen atoms in total. The van der Waals surface area contributed by atoms with Crippen molar-refractivity contribution in [1.82, 2.24) is 5.01 Å². The van der Waals surface area contributed by atoms with Gasteiger partial charge in [0.1, 0.15) is 11.3 Å². The Labute approximate surface area is 169 Å². The van der Waals surface area contributed by atoms with Crippen LogP contribution in [0.5, 0.6) is 0 Å². The summed E-state index contributed by atoms with van der Waals surface area (Å²) in [5, 5.41) is 4.24. The molecule has 148 valence electrons. The number of hydrazine groups is 1. The molecule has 0 spiro atoms. The molecule has 0 saturated carbocycles. The van der Waals surface area contributed by atoms with Crippen LogP contribution in [-0.4, -0.2) is 35.6 Å². The number of rotatable bonds is 2. The number of benzene rings is 2. The van der Waals surface area contributed by atoms with E-state index >= 15 is 0 Å². The van der Waals surface area contributed by atoms with Gasteiger partial charge in [-0.1, -0.05) is 24.3 Å². The van der Waals surface area contributed by atoms with Gasteiger partial charge in [0.25, 0.3) is 5.91 Å². The largest absolute Gasteiger partial charge is 0.451 e. The number of fused-ring (bicyclic) bond motifs is 1. The normalized spacial score (nSPS) is 18.9. The molecule has 4 rings (SSSR count). The smallest absolute Gasteiger partial charge is 0.313 e. The summed E-state index contributed by atoms with van der Waals surface area (Å²) in [6, 6.07) is 12.9. The first kappa shape index (κ1) is 19.1. The van der Waals surface area contributed by atoms with Crippen molar-refractivity contribution in [2.45, 2.75) is 33.7 Å². The van der Waals surface area contributed by atoms with Gasteiger partial charge in [-0.25, -0.2) is 15.0 Å². The molecule has 29 heavy (non-hydrogen) atoms. The molecule has 1 aliphatic heterocycles. The van der Waals surface area contributed by atoms with Crippen LogP contribution in [0.2, 0.25) is 0 Å². The second-order valence-corrected chi connectivity index (χ2v) is 7.52. The van der Waals surface area contributed by atoms with E-state index < -0.39 is 5.91 Å². The van der Waals surface area contributed by atoms with E-state index in [9.17, 15) is 9.59 Å².